The smallest absolute Gasteiger partial charge is 0.298 e. The molecule has 4 rings (SSSR count). The Morgan fingerprint density at radius 3 is 2.07 bits per heavy atom. The van der Waals surface area contributed by atoms with Crippen molar-refractivity contribution in [2.75, 3.05) is 4.90 Å². The van der Waals surface area contributed by atoms with Crippen molar-refractivity contribution in [2.24, 2.45) is 14.1 Å². The van der Waals surface area contributed by atoms with Crippen molar-refractivity contribution in [3.8, 4) is 0 Å². The van der Waals surface area contributed by atoms with Crippen LogP contribution in [0.5, 0.6) is 0 Å². The number of nitrogens with zero attached hydrogens (tertiary/aromatic N) is 3. The van der Waals surface area contributed by atoms with Gasteiger partial charge in [-0.15, -0.1) is 0 Å². The molecule has 0 spiro atoms. The van der Waals surface area contributed by atoms with Crippen molar-refractivity contribution < 1.29 is 4.79 Å². The molecule has 1 aromatic heterocycles. The summed E-state index contributed by atoms with van der Waals surface area (Å²) in [6.07, 6.45) is 0.971. The van der Waals surface area contributed by atoms with E-state index in [4.69, 9.17) is 0 Å². The molecule has 140 valence electrons. The van der Waals surface area contributed by atoms with E-state index in [-0.39, 0.29) is 12.0 Å². The minimum Gasteiger partial charge on any atom is -0.298 e. The van der Waals surface area contributed by atoms with Gasteiger partial charge in [0.2, 0.25) is 0 Å². The minimum atomic E-state index is -0.411. The summed E-state index contributed by atoms with van der Waals surface area (Å²) in [6.45, 7) is 0. The summed E-state index contributed by atoms with van der Waals surface area (Å²) in [5, 5.41) is 0. The second-order valence-electron chi connectivity index (χ2n) is 6.71. The highest BCUT2D eigenvalue weighted by Gasteiger charge is 2.32. The highest BCUT2D eigenvalue weighted by atomic mass is 16.2. The lowest BCUT2D eigenvalue weighted by atomic mass is 9.95. The van der Waals surface area contributed by atoms with E-state index in [2.05, 4.69) is 0 Å². The Balaban J connectivity index is 2.14. The molecule has 2 heterocycles. The van der Waals surface area contributed by atoms with Crippen LogP contribution in [-0.2, 0) is 25.3 Å². The summed E-state index contributed by atoms with van der Waals surface area (Å²) in [7, 11) is 3.10. The lowest BCUT2D eigenvalue weighted by Crippen LogP contribution is -2.43. The molecule has 0 bridgehead atoms. The number of hydrogen-bond donors (Lipinski definition) is 0. The van der Waals surface area contributed by atoms with Crippen molar-refractivity contribution in [3.05, 3.63) is 98.2 Å². The van der Waals surface area contributed by atoms with E-state index < -0.39 is 5.69 Å². The van der Waals surface area contributed by atoms with Gasteiger partial charge in [0.1, 0.15) is 12.1 Å². The Bertz CT molecular complexity index is 1210. The topological polar surface area (TPSA) is 64.3 Å². The van der Waals surface area contributed by atoms with Crippen LogP contribution in [0.4, 0.5) is 11.5 Å². The third-order valence-electron chi connectivity index (χ3n) is 5.03. The molecule has 0 saturated heterocycles. The van der Waals surface area contributed by atoms with Gasteiger partial charge in [0.05, 0.1) is 11.3 Å². The predicted octanol–water partition coefficient (Wildman–Crippen LogP) is 2.39. The zero-order valence-corrected chi connectivity index (χ0v) is 15.6. The fourth-order valence-corrected chi connectivity index (χ4v) is 3.70. The number of fused-ring (bicyclic) bond motifs is 1. The molecule has 2 aromatic carbocycles. The lowest BCUT2D eigenvalue weighted by molar-refractivity contribution is -0.104. The van der Waals surface area contributed by atoms with Gasteiger partial charge in [0.15, 0.2) is 0 Å². The second kappa shape index (κ2) is 6.81. The number of benzene rings is 2. The van der Waals surface area contributed by atoms with Crippen LogP contribution < -0.4 is 16.1 Å². The molecule has 0 unspecified atom stereocenters. The maximum Gasteiger partial charge on any atom is 0.332 e. The molecule has 0 aliphatic carbocycles. The zero-order valence-electron chi connectivity index (χ0n) is 15.6. The molecule has 6 nitrogen and oxygen atoms in total. The van der Waals surface area contributed by atoms with Gasteiger partial charge in [0, 0.05) is 31.8 Å². The van der Waals surface area contributed by atoms with Gasteiger partial charge in [-0.05, 0) is 17.7 Å². The highest BCUT2D eigenvalue weighted by molar-refractivity contribution is 6.00. The van der Waals surface area contributed by atoms with Crippen molar-refractivity contribution >= 4 is 23.5 Å². The van der Waals surface area contributed by atoms with Gasteiger partial charge >= 0.3 is 5.69 Å². The van der Waals surface area contributed by atoms with E-state index >= 15 is 0 Å². The van der Waals surface area contributed by atoms with E-state index in [0.717, 1.165) is 22.1 Å². The van der Waals surface area contributed by atoms with E-state index in [1.54, 1.807) is 7.05 Å². The average Bonchev–Trinajstić information content (AvgIpc) is 2.75. The molecule has 0 N–H and O–H groups in total. The standard InChI is InChI=1S/C22H19N3O3/c1-23-20-18(21(27)24(2)22(23)28)13-16(14-26)19(15-9-5-3-6-10-15)25(20)17-11-7-4-8-12-17/h3-12,14H,13H2,1-2H3. The molecular formula is C22H19N3O3. The van der Waals surface area contributed by atoms with Crippen LogP contribution in [0, 0.1) is 0 Å². The normalized spacial score (nSPS) is 13.4. The van der Waals surface area contributed by atoms with E-state index in [0.29, 0.717) is 22.7 Å². The summed E-state index contributed by atoms with van der Waals surface area (Å²) in [5.41, 5.74) is 2.42. The van der Waals surface area contributed by atoms with E-state index in [1.165, 1.54) is 11.6 Å². The molecule has 0 saturated carbocycles. The highest BCUT2D eigenvalue weighted by Crippen LogP contribution is 2.40. The van der Waals surface area contributed by atoms with Crippen LogP contribution >= 0.6 is 0 Å². The molecule has 1 aliphatic rings. The van der Waals surface area contributed by atoms with E-state index in [9.17, 15) is 14.4 Å². The first kappa shape index (κ1) is 17.7. The van der Waals surface area contributed by atoms with Gasteiger partial charge in [-0.2, -0.15) is 0 Å². The van der Waals surface area contributed by atoms with Gasteiger partial charge in [0.25, 0.3) is 5.56 Å². The number of carbonyl (C=O) groups is 1. The van der Waals surface area contributed by atoms with Crippen LogP contribution in [0.25, 0.3) is 5.70 Å². The minimum absolute atomic E-state index is 0.174. The fourth-order valence-electron chi connectivity index (χ4n) is 3.70. The predicted molar refractivity (Wildman–Crippen MR) is 109 cm³/mol. The van der Waals surface area contributed by atoms with Crippen molar-refractivity contribution in [2.45, 2.75) is 6.42 Å². The first-order valence-corrected chi connectivity index (χ1v) is 8.92. The van der Waals surface area contributed by atoms with Crippen LogP contribution in [-0.4, -0.2) is 15.4 Å². The quantitative estimate of drug-likeness (QED) is 0.662. The maximum absolute atomic E-state index is 12.9. The summed E-state index contributed by atoms with van der Waals surface area (Å²) >= 11 is 0. The number of rotatable bonds is 3. The number of allylic oxidation sites excluding steroid dienone is 1. The number of hydrogen-bond acceptors (Lipinski definition) is 4. The third-order valence-corrected chi connectivity index (χ3v) is 5.03. The molecular weight excluding hydrogens is 354 g/mol. The van der Waals surface area contributed by atoms with Crippen molar-refractivity contribution in [1.29, 1.82) is 0 Å². The summed E-state index contributed by atoms with van der Waals surface area (Å²) in [5.74, 6) is 0.490. The Morgan fingerprint density at radius 2 is 1.46 bits per heavy atom. The Labute approximate surface area is 161 Å². The Hall–Kier alpha value is -3.67. The van der Waals surface area contributed by atoms with Gasteiger partial charge in [-0.3, -0.25) is 23.6 Å². The largest absolute Gasteiger partial charge is 0.332 e. The lowest BCUT2D eigenvalue weighted by Gasteiger charge is -2.35. The van der Waals surface area contributed by atoms with Crippen LogP contribution in [0.2, 0.25) is 0 Å². The number of aromatic nitrogens is 2. The summed E-state index contributed by atoms with van der Waals surface area (Å²) in [6, 6.07) is 19.0. The van der Waals surface area contributed by atoms with Crippen molar-refractivity contribution in [3.63, 3.8) is 0 Å². The summed E-state index contributed by atoms with van der Waals surface area (Å²) < 4.78 is 2.55. The molecule has 0 radical (unpaired) electrons. The molecule has 6 heteroatoms. The van der Waals surface area contributed by atoms with Gasteiger partial charge < -0.3 is 0 Å². The number of aldehydes is 1. The first-order chi connectivity index (χ1) is 13.5. The monoisotopic (exact) mass is 373 g/mol. The Morgan fingerprint density at radius 1 is 0.857 bits per heavy atom. The molecule has 28 heavy (non-hydrogen) atoms. The van der Waals surface area contributed by atoms with Crippen LogP contribution in [0.15, 0.2) is 75.8 Å². The number of carbonyl (C=O) groups excluding carboxylic acids is 1. The first-order valence-electron chi connectivity index (χ1n) is 8.92. The van der Waals surface area contributed by atoms with Gasteiger partial charge in [-0.25, -0.2) is 4.79 Å². The SMILES string of the molecule is Cn1c2c(c(=O)n(C)c1=O)CC(C=O)=C(c1ccccc1)N2c1ccccc1. The third kappa shape index (κ3) is 2.62. The van der Waals surface area contributed by atoms with Crippen LogP contribution in [0.3, 0.4) is 0 Å². The van der Waals surface area contributed by atoms with Crippen LogP contribution in [0.1, 0.15) is 11.1 Å². The van der Waals surface area contributed by atoms with E-state index in [1.807, 2.05) is 65.6 Å². The van der Waals surface area contributed by atoms with Crippen molar-refractivity contribution in [1.82, 2.24) is 9.13 Å². The Kier molecular flexibility index (Phi) is 4.31. The molecule has 0 amide bonds. The molecule has 0 fully saturated rings. The number of anilines is 2. The average molecular weight is 373 g/mol. The molecule has 3 aromatic rings. The fraction of sp³-hybridized carbons (Fsp3) is 0.136. The molecule has 0 atom stereocenters. The zero-order chi connectivity index (χ0) is 19.8. The summed E-state index contributed by atoms with van der Waals surface area (Å²) in [4.78, 5) is 39.3. The molecule has 1 aliphatic heterocycles. The van der Waals surface area contributed by atoms with Gasteiger partial charge in [-0.1, -0.05) is 48.5 Å². The second-order valence-corrected chi connectivity index (χ2v) is 6.71. The number of para-hydroxylation sites is 1. The maximum atomic E-state index is 12.9.